The van der Waals surface area contributed by atoms with Gasteiger partial charge >= 0.3 is 0 Å². The number of fused-ring (bicyclic) bond motifs is 1. The molecule has 7 heteroatoms. The summed E-state index contributed by atoms with van der Waals surface area (Å²) in [5.74, 6) is 1.54. The Balaban J connectivity index is 1.26. The van der Waals surface area contributed by atoms with E-state index >= 15 is 0 Å². The first-order chi connectivity index (χ1) is 16.5. The Morgan fingerprint density at radius 1 is 1.00 bits per heavy atom. The maximum Gasteiger partial charge on any atom is 0.254 e. The number of piperazine rings is 1. The molecule has 5 rings (SSSR count). The van der Waals surface area contributed by atoms with Crippen LogP contribution >= 0.6 is 0 Å². The molecule has 174 valence electrons. The van der Waals surface area contributed by atoms with Gasteiger partial charge in [-0.25, -0.2) is 0 Å². The molecule has 1 aliphatic heterocycles. The van der Waals surface area contributed by atoms with E-state index in [9.17, 15) is 4.79 Å². The van der Waals surface area contributed by atoms with Gasteiger partial charge in [0.2, 0.25) is 11.7 Å². The molecule has 1 aliphatic rings. The Labute approximate surface area is 199 Å². The standard InChI is InChI=1S/C27H29N5O2/c1-18(2)24-16-22(21-10-6-7-11-23(21)28-24)27(33)32-14-12-31(13-15-32)17-25-29-26(30-34-25)20-9-5-4-8-19(20)3/h4-11,16,18H,12-15,17H2,1-3H3. The van der Waals surface area contributed by atoms with Gasteiger partial charge in [0.1, 0.15) is 0 Å². The van der Waals surface area contributed by atoms with Crippen molar-refractivity contribution in [1.82, 2.24) is 24.9 Å². The normalized spacial score (nSPS) is 14.8. The van der Waals surface area contributed by atoms with Crippen molar-refractivity contribution in [2.75, 3.05) is 26.2 Å². The van der Waals surface area contributed by atoms with Gasteiger partial charge in [-0.2, -0.15) is 4.98 Å². The highest BCUT2D eigenvalue weighted by molar-refractivity contribution is 6.06. The Morgan fingerprint density at radius 3 is 2.50 bits per heavy atom. The first kappa shape index (κ1) is 22.2. The lowest BCUT2D eigenvalue weighted by molar-refractivity contribution is 0.0617. The van der Waals surface area contributed by atoms with E-state index in [0.717, 1.165) is 46.4 Å². The lowest BCUT2D eigenvalue weighted by Gasteiger charge is -2.34. The zero-order valence-electron chi connectivity index (χ0n) is 19.9. The number of aryl methyl sites for hydroxylation is 1. The molecule has 1 fully saturated rings. The largest absolute Gasteiger partial charge is 0.338 e. The highest BCUT2D eigenvalue weighted by Crippen LogP contribution is 2.25. The lowest BCUT2D eigenvalue weighted by atomic mass is 10.0. The third-order valence-electron chi connectivity index (χ3n) is 6.43. The zero-order chi connectivity index (χ0) is 23.7. The molecule has 2 aromatic heterocycles. The van der Waals surface area contributed by atoms with Gasteiger partial charge in [0.05, 0.1) is 17.6 Å². The summed E-state index contributed by atoms with van der Waals surface area (Å²) in [5.41, 5.74) is 4.66. The highest BCUT2D eigenvalue weighted by atomic mass is 16.5. The smallest absolute Gasteiger partial charge is 0.254 e. The molecule has 4 aromatic rings. The molecule has 0 saturated carbocycles. The van der Waals surface area contributed by atoms with Crippen LogP contribution < -0.4 is 0 Å². The first-order valence-electron chi connectivity index (χ1n) is 11.8. The molecule has 1 saturated heterocycles. The molecule has 0 bridgehead atoms. The Kier molecular flexibility index (Phi) is 6.11. The van der Waals surface area contributed by atoms with E-state index in [1.165, 1.54) is 0 Å². The van der Waals surface area contributed by atoms with Crippen LogP contribution in [-0.4, -0.2) is 57.0 Å². The fourth-order valence-corrected chi connectivity index (χ4v) is 4.39. The minimum atomic E-state index is 0.0692. The third-order valence-corrected chi connectivity index (χ3v) is 6.43. The van der Waals surface area contributed by atoms with E-state index in [4.69, 9.17) is 9.51 Å². The van der Waals surface area contributed by atoms with Gasteiger partial charge in [0, 0.05) is 42.8 Å². The van der Waals surface area contributed by atoms with Gasteiger partial charge in [0.15, 0.2) is 0 Å². The predicted octanol–water partition coefficient (Wildman–Crippen LogP) is 4.67. The number of para-hydroxylation sites is 1. The maximum absolute atomic E-state index is 13.5. The zero-order valence-corrected chi connectivity index (χ0v) is 19.9. The number of benzene rings is 2. The van der Waals surface area contributed by atoms with Crippen molar-refractivity contribution in [3.8, 4) is 11.4 Å². The molecule has 0 unspecified atom stereocenters. The van der Waals surface area contributed by atoms with Crippen molar-refractivity contribution < 1.29 is 9.32 Å². The van der Waals surface area contributed by atoms with E-state index in [-0.39, 0.29) is 11.8 Å². The van der Waals surface area contributed by atoms with E-state index in [1.807, 2.05) is 66.4 Å². The molecule has 34 heavy (non-hydrogen) atoms. The number of amides is 1. The summed E-state index contributed by atoms with van der Waals surface area (Å²) < 4.78 is 5.51. The van der Waals surface area contributed by atoms with Gasteiger partial charge in [-0.15, -0.1) is 0 Å². The van der Waals surface area contributed by atoms with Crippen LogP contribution in [0.3, 0.4) is 0 Å². The third kappa shape index (κ3) is 4.43. The minimum absolute atomic E-state index is 0.0692. The number of carbonyl (C=O) groups excluding carboxylic acids is 1. The van der Waals surface area contributed by atoms with Crippen molar-refractivity contribution in [2.45, 2.75) is 33.2 Å². The second kappa shape index (κ2) is 9.35. The summed E-state index contributed by atoms with van der Waals surface area (Å²) in [6.45, 7) is 9.66. The van der Waals surface area contributed by atoms with E-state index in [1.54, 1.807) is 0 Å². The van der Waals surface area contributed by atoms with Gasteiger partial charge in [0.25, 0.3) is 5.91 Å². The lowest BCUT2D eigenvalue weighted by Crippen LogP contribution is -2.48. The van der Waals surface area contributed by atoms with Crippen molar-refractivity contribution in [1.29, 1.82) is 0 Å². The van der Waals surface area contributed by atoms with E-state index in [0.29, 0.717) is 31.3 Å². The van der Waals surface area contributed by atoms with Crippen LogP contribution in [0, 0.1) is 6.92 Å². The Bertz CT molecular complexity index is 1320. The topological polar surface area (TPSA) is 75.4 Å². The SMILES string of the molecule is Cc1ccccc1-c1noc(CN2CCN(C(=O)c3cc(C(C)C)nc4ccccc34)CC2)n1. The quantitative estimate of drug-likeness (QED) is 0.435. The van der Waals surface area contributed by atoms with Crippen molar-refractivity contribution in [2.24, 2.45) is 0 Å². The summed E-state index contributed by atoms with van der Waals surface area (Å²) in [7, 11) is 0. The Hall–Kier alpha value is -3.58. The van der Waals surface area contributed by atoms with Crippen LogP contribution in [-0.2, 0) is 6.54 Å². The average Bonchev–Trinajstić information content (AvgIpc) is 3.31. The van der Waals surface area contributed by atoms with Crippen LogP contribution in [0.5, 0.6) is 0 Å². The second-order valence-corrected chi connectivity index (χ2v) is 9.16. The van der Waals surface area contributed by atoms with Crippen molar-refractivity contribution in [3.63, 3.8) is 0 Å². The maximum atomic E-state index is 13.5. The minimum Gasteiger partial charge on any atom is -0.338 e. The molecule has 0 aliphatic carbocycles. The number of pyridine rings is 1. The molecule has 0 spiro atoms. The summed E-state index contributed by atoms with van der Waals surface area (Å²) in [6.07, 6.45) is 0. The summed E-state index contributed by atoms with van der Waals surface area (Å²) in [6, 6.07) is 17.9. The second-order valence-electron chi connectivity index (χ2n) is 9.16. The number of carbonyl (C=O) groups is 1. The van der Waals surface area contributed by atoms with Crippen LogP contribution in [0.4, 0.5) is 0 Å². The van der Waals surface area contributed by atoms with E-state index < -0.39 is 0 Å². The van der Waals surface area contributed by atoms with Crippen LogP contribution in [0.1, 0.15) is 47.3 Å². The molecule has 1 amide bonds. The molecule has 2 aromatic carbocycles. The molecule has 3 heterocycles. The number of hydrogen-bond donors (Lipinski definition) is 0. The van der Waals surface area contributed by atoms with E-state index in [2.05, 4.69) is 28.9 Å². The Morgan fingerprint density at radius 2 is 1.74 bits per heavy atom. The molecule has 0 radical (unpaired) electrons. The number of nitrogens with zero attached hydrogens (tertiary/aromatic N) is 5. The van der Waals surface area contributed by atoms with Crippen LogP contribution in [0.25, 0.3) is 22.3 Å². The molecular formula is C27H29N5O2. The van der Waals surface area contributed by atoms with Gasteiger partial charge < -0.3 is 9.42 Å². The fraction of sp³-hybridized carbons (Fsp3) is 0.333. The first-order valence-corrected chi connectivity index (χ1v) is 11.8. The van der Waals surface area contributed by atoms with Crippen LogP contribution in [0.2, 0.25) is 0 Å². The summed E-state index contributed by atoms with van der Waals surface area (Å²) >= 11 is 0. The molecule has 0 N–H and O–H groups in total. The summed E-state index contributed by atoms with van der Waals surface area (Å²) in [5, 5.41) is 5.07. The molecular weight excluding hydrogens is 426 g/mol. The van der Waals surface area contributed by atoms with Crippen molar-refractivity contribution >= 4 is 16.8 Å². The summed E-state index contributed by atoms with van der Waals surface area (Å²) in [4.78, 5) is 27.0. The molecule has 7 nitrogen and oxygen atoms in total. The number of hydrogen-bond acceptors (Lipinski definition) is 6. The fourth-order valence-electron chi connectivity index (χ4n) is 4.39. The predicted molar refractivity (Wildman–Crippen MR) is 131 cm³/mol. The van der Waals surface area contributed by atoms with Gasteiger partial charge in [-0.1, -0.05) is 61.5 Å². The van der Waals surface area contributed by atoms with Gasteiger partial charge in [-0.3, -0.25) is 14.7 Å². The van der Waals surface area contributed by atoms with Gasteiger partial charge in [-0.05, 0) is 30.5 Å². The highest BCUT2D eigenvalue weighted by Gasteiger charge is 2.25. The molecule has 0 atom stereocenters. The van der Waals surface area contributed by atoms with Crippen LogP contribution in [0.15, 0.2) is 59.1 Å². The van der Waals surface area contributed by atoms with Crippen molar-refractivity contribution in [3.05, 3.63) is 77.3 Å². The number of rotatable bonds is 5. The average molecular weight is 456 g/mol. The monoisotopic (exact) mass is 455 g/mol. The number of aromatic nitrogens is 3.